The Hall–Kier alpha value is -2.37. The normalized spacial score (nSPS) is 20.3. The Bertz CT molecular complexity index is 1280. The van der Waals surface area contributed by atoms with Crippen molar-refractivity contribution in [3.8, 4) is 0 Å². The molecule has 7 unspecified atom stereocenters. The highest BCUT2D eigenvalue weighted by Crippen LogP contribution is 2.23. The quantitative estimate of drug-likeness (QED) is 0.0261. The van der Waals surface area contributed by atoms with Gasteiger partial charge in [0.05, 0.1) is 25.4 Å². The van der Waals surface area contributed by atoms with Gasteiger partial charge in [-0.05, 0) is 64.2 Å². The van der Waals surface area contributed by atoms with E-state index in [2.05, 4.69) is 79.9 Å². The number of aliphatic hydroxyl groups excluding tert-OH is 5. The number of carbonyl (C=O) groups is 1. The number of carbonyl (C=O) groups excluding carboxylic acids is 1. The number of nitrogens with one attached hydrogen (secondary N) is 1. The number of amides is 1. The van der Waals surface area contributed by atoms with Gasteiger partial charge in [-0.15, -0.1) is 0 Å². The summed E-state index contributed by atoms with van der Waals surface area (Å²) in [7, 11) is 0. The minimum Gasteiger partial charge on any atom is -0.394 e. The third-order valence-corrected chi connectivity index (χ3v) is 12.8. The molecule has 1 amide bonds. The summed E-state index contributed by atoms with van der Waals surface area (Å²) in [4.78, 5) is 12.9. The molecule has 0 bridgehead atoms. The predicted octanol–water partition coefficient (Wildman–Crippen LogP) is 13.3. The van der Waals surface area contributed by atoms with Crippen LogP contribution in [0.5, 0.6) is 0 Å². The first-order chi connectivity index (χ1) is 32.8. The van der Waals surface area contributed by atoms with Crippen LogP contribution in [0.15, 0.2) is 72.9 Å². The topological polar surface area (TPSA) is 149 Å². The Morgan fingerprint density at radius 2 is 0.925 bits per heavy atom. The third-order valence-electron chi connectivity index (χ3n) is 12.8. The Morgan fingerprint density at radius 1 is 0.522 bits per heavy atom. The number of hydrogen-bond acceptors (Lipinski definition) is 8. The SMILES string of the molecule is CC/C=C\C/C=C\C/C=C\C/C=C\C/C=C\CCCCCCCCCCCCCCCCCCCCCCCC(=O)NC(COC1OC(CO)C(O)C(O)C1O)C(O)/C=C/CCCCCCC. The molecule has 7 atom stereocenters. The van der Waals surface area contributed by atoms with Gasteiger partial charge in [0, 0.05) is 6.42 Å². The van der Waals surface area contributed by atoms with Crippen molar-refractivity contribution in [1.82, 2.24) is 5.32 Å². The molecular formula is C58H103NO8. The zero-order chi connectivity index (χ0) is 48.7. The van der Waals surface area contributed by atoms with E-state index in [-0.39, 0.29) is 12.5 Å². The maximum absolute atomic E-state index is 12.9. The van der Waals surface area contributed by atoms with Crippen LogP contribution in [-0.2, 0) is 14.3 Å². The number of allylic oxidation sites excluding steroid dienone is 11. The van der Waals surface area contributed by atoms with E-state index in [4.69, 9.17) is 9.47 Å². The third kappa shape index (κ3) is 37.2. The molecule has 0 spiro atoms. The zero-order valence-corrected chi connectivity index (χ0v) is 42.9. The highest BCUT2D eigenvalue weighted by molar-refractivity contribution is 5.76. The predicted molar refractivity (Wildman–Crippen MR) is 281 cm³/mol. The van der Waals surface area contributed by atoms with Crippen LogP contribution < -0.4 is 5.32 Å². The number of rotatable bonds is 46. The van der Waals surface area contributed by atoms with Crippen LogP contribution in [0.4, 0.5) is 0 Å². The average molecular weight is 942 g/mol. The fourth-order valence-corrected chi connectivity index (χ4v) is 8.42. The standard InChI is InChI=1S/C58H103NO8/c1-3-5-7-9-11-12-13-14-15-16-17-18-19-20-21-22-23-24-25-26-27-28-29-30-31-32-33-34-35-36-37-38-39-40-42-44-46-48-54(62)59-51(52(61)47-45-43-41-10-8-6-4-2)50-66-58-57(65)56(64)55(63)53(49-60)67-58/h5,7,11-12,14-15,17-18,20-21,45,47,51-53,55-58,60-61,63-65H,3-4,6,8-10,13,16,19,22-44,46,48-50H2,1-2H3,(H,59,62)/b7-5-,12-11-,15-14-,18-17-,21-20-,47-45+. The minimum atomic E-state index is -1.56. The van der Waals surface area contributed by atoms with Crippen LogP contribution >= 0.6 is 0 Å². The zero-order valence-electron chi connectivity index (χ0n) is 42.9. The molecule has 0 radical (unpaired) electrons. The molecule has 1 heterocycles. The first-order valence-electron chi connectivity index (χ1n) is 27.7. The summed E-state index contributed by atoms with van der Waals surface area (Å²) in [6.07, 6.45) is 58.8. The molecule has 388 valence electrons. The van der Waals surface area contributed by atoms with Gasteiger partial charge in [0.1, 0.15) is 24.4 Å². The lowest BCUT2D eigenvalue weighted by Crippen LogP contribution is -2.60. The number of hydrogen-bond donors (Lipinski definition) is 6. The van der Waals surface area contributed by atoms with Crippen LogP contribution in [0, 0.1) is 0 Å². The first kappa shape index (κ1) is 62.6. The summed E-state index contributed by atoms with van der Waals surface area (Å²) in [5.74, 6) is -0.181. The largest absolute Gasteiger partial charge is 0.394 e. The van der Waals surface area contributed by atoms with Crippen molar-refractivity contribution in [2.24, 2.45) is 0 Å². The van der Waals surface area contributed by atoms with Crippen LogP contribution in [0.1, 0.15) is 232 Å². The van der Waals surface area contributed by atoms with Gasteiger partial charge in [0.15, 0.2) is 6.29 Å². The molecular weight excluding hydrogens is 839 g/mol. The molecule has 0 aromatic rings. The molecule has 6 N–H and O–H groups in total. The van der Waals surface area contributed by atoms with E-state index < -0.39 is 49.5 Å². The smallest absolute Gasteiger partial charge is 0.220 e. The van der Waals surface area contributed by atoms with Crippen LogP contribution in [0.25, 0.3) is 0 Å². The van der Waals surface area contributed by atoms with E-state index in [0.29, 0.717) is 6.42 Å². The molecule has 0 aromatic carbocycles. The molecule has 1 aliphatic heterocycles. The van der Waals surface area contributed by atoms with E-state index in [0.717, 1.165) is 70.6 Å². The van der Waals surface area contributed by atoms with Crippen molar-refractivity contribution < 1.29 is 39.8 Å². The molecule has 1 rings (SSSR count). The van der Waals surface area contributed by atoms with E-state index in [9.17, 15) is 30.3 Å². The maximum atomic E-state index is 12.9. The average Bonchev–Trinajstić information content (AvgIpc) is 3.33. The molecule has 67 heavy (non-hydrogen) atoms. The summed E-state index contributed by atoms with van der Waals surface area (Å²) >= 11 is 0. The van der Waals surface area contributed by atoms with Crippen molar-refractivity contribution in [1.29, 1.82) is 0 Å². The Kier molecular flexibility index (Phi) is 44.2. The number of ether oxygens (including phenoxy) is 2. The monoisotopic (exact) mass is 942 g/mol. The second kappa shape index (κ2) is 47.3. The highest BCUT2D eigenvalue weighted by atomic mass is 16.7. The van der Waals surface area contributed by atoms with Crippen molar-refractivity contribution in [2.45, 2.75) is 275 Å². The Balaban J connectivity index is 2.01. The van der Waals surface area contributed by atoms with Crippen LogP contribution in [0.3, 0.4) is 0 Å². The molecule has 1 fully saturated rings. The summed E-state index contributed by atoms with van der Waals surface area (Å²) in [5, 5.41) is 54.0. The van der Waals surface area contributed by atoms with Gasteiger partial charge in [0.25, 0.3) is 0 Å². The summed E-state index contributed by atoms with van der Waals surface area (Å²) < 4.78 is 11.2. The first-order valence-corrected chi connectivity index (χ1v) is 27.7. The maximum Gasteiger partial charge on any atom is 0.220 e. The second-order valence-corrected chi connectivity index (χ2v) is 19.0. The van der Waals surface area contributed by atoms with Gasteiger partial charge in [0.2, 0.25) is 5.91 Å². The molecule has 0 aromatic heterocycles. The summed E-state index contributed by atoms with van der Waals surface area (Å²) in [6, 6.07) is -0.802. The highest BCUT2D eigenvalue weighted by Gasteiger charge is 2.44. The summed E-state index contributed by atoms with van der Waals surface area (Å²) in [5.41, 5.74) is 0. The lowest BCUT2D eigenvalue weighted by atomic mass is 9.99. The van der Waals surface area contributed by atoms with Crippen LogP contribution in [0.2, 0.25) is 0 Å². The van der Waals surface area contributed by atoms with Crippen molar-refractivity contribution in [3.63, 3.8) is 0 Å². The lowest BCUT2D eigenvalue weighted by molar-refractivity contribution is -0.302. The number of unbranched alkanes of at least 4 members (excludes halogenated alkanes) is 26. The van der Waals surface area contributed by atoms with E-state index in [1.807, 2.05) is 6.08 Å². The second-order valence-electron chi connectivity index (χ2n) is 19.0. The van der Waals surface area contributed by atoms with Gasteiger partial charge in [-0.1, -0.05) is 234 Å². The van der Waals surface area contributed by atoms with Crippen molar-refractivity contribution in [2.75, 3.05) is 13.2 Å². The molecule has 1 aliphatic rings. The number of aliphatic hydroxyl groups is 5. The Morgan fingerprint density at radius 3 is 1.37 bits per heavy atom. The molecule has 1 saturated heterocycles. The van der Waals surface area contributed by atoms with Crippen molar-refractivity contribution in [3.05, 3.63) is 72.9 Å². The molecule has 9 heteroatoms. The fraction of sp³-hybridized carbons (Fsp3) is 0.776. The summed E-state index contributed by atoms with van der Waals surface area (Å²) in [6.45, 7) is 3.60. The van der Waals surface area contributed by atoms with E-state index >= 15 is 0 Å². The van der Waals surface area contributed by atoms with E-state index in [1.165, 1.54) is 141 Å². The molecule has 9 nitrogen and oxygen atoms in total. The van der Waals surface area contributed by atoms with Gasteiger partial charge >= 0.3 is 0 Å². The Labute approximate surface area is 410 Å². The fourth-order valence-electron chi connectivity index (χ4n) is 8.42. The van der Waals surface area contributed by atoms with Crippen molar-refractivity contribution >= 4 is 5.91 Å². The molecule has 0 saturated carbocycles. The van der Waals surface area contributed by atoms with Gasteiger partial charge in [-0.3, -0.25) is 4.79 Å². The minimum absolute atomic E-state index is 0.181. The van der Waals surface area contributed by atoms with E-state index in [1.54, 1.807) is 6.08 Å². The van der Waals surface area contributed by atoms with Crippen LogP contribution in [-0.4, -0.2) is 87.5 Å². The van der Waals surface area contributed by atoms with Gasteiger partial charge in [-0.2, -0.15) is 0 Å². The lowest BCUT2D eigenvalue weighted by Gasteiger charge is -2.40. The van der Waals surface area contributed by atoms with Gasteiger partial charge in [-0.25, -0.2) is 0 Å². The van der Waals surface area contributed by atoms with Gasteiger partial charge < -0.3 is 40.3 Å². The molecule has 0 aliphatic carbocycles.